The third-order valence-corrected chi connectivity index (χ3v) is 4.00. The van der Waals surface area contributed by atoms with Crippen LogP contribution >= 0.6 is 0 Å². The van der Waals surface area contributed by atoms with Crippen LogP contribution in [0.1, 0.15) is 50.6 Å². The van der Waals surface area contributed by atoms with Gasteiger partial charge in [0.25, 0.3) is 0 Å². The average Bonchev–Trinajstić information content (AvgIpc) is 2.81. The zero-order chi connectivity index (χ0) is 15.2. The van der Waals surface area contributed by atoms with Gasteiger partial charge in [0.1, 0.15) is 5.82 Å². The second-order valence-electron chi connectivity index (χ2n) is 6.88. The maximum absolute atomic E-state index is 6.17. The highest BCUT2D eigenvalue weighted by molar-refractivity contribution is 5.62. The van der Waals surface area contributed by atoms with E-state index in [1.165, 1.54) is 12.8 Å². The molecule has 5 heteroatoms. The van der Waals surface area contributed by atoms with Crippen molar-refractivity contribution >= 4 is 5.82 Å². The Bertz CT molecular complexity index is 679. The summed E-state index contributed by atoms with van der Waals surface area (Å²) in [5.74, 6) is 1.35. The molecule has 0 saturated carbocycles. The van der Waals surface area contributed by atoms with Gasteiger partial charge in [-0.3, -0.25) is 4.68 Å². The minimum absolute atomic E-state index is 0.0510. The molecule has 3 rings (SSSR count). The van der Waals surface area contributed by atoms with Crippen molar-refractivity contribution in [3.63, 3.8) is 0 Å². The average molecular weight is 285 g/mol. The number of aromatic nitrogens is 4. The molecule has 0 amide bonds. The molecule has 0 aliphatic heterocycles. The minimum Gasteiger partial charge on any atom is -0.383 e. The highest BCUT2D eigenvalue weighted by atomic mass is 15.3. The van der Waals surface area contributed by atoms with Crippen LogP contribution in [0.25, 0.3) is 11.4 Å². The van der Waals surface area contributed by atoms with Crippen molar-refractivity contribution < 1.29 is 0 Å². The summed E-state index contributed by atoms with van der Waals surface area (Å²) in [6.45, 7) is 6.46. The quantitative estimate of drug-likeness (QED) is 0.874. The summed E-state index contributed by atoms with van der Waals surface area (Å²) in [5, 5.41) is 4.60. The predicted molar refractivity (Wildman–Crippen MR) is 84.0 cm³/mol. The zero-order valence-electron chi connectivity index (χ0n) is 13.3. The molecule has 0 aromatic carbocycles. The van der Waals surface area contributed by atoms with E-state index < -0.39 is 0 Å². The number of nitrogen functional groups attached to an aromatic ring is 1. The van der Waals surface area contributed by atoms with E-state index in [4.69, 9.17) is 10.7 Å². The van der Waals surface area contributed by atoms with Crippen molar-refractivity contribution in [2.45, 2.75) is 51.9 Å². The SMILES string of the molecule is Cn1cc(-c2nc(N)c3c(n2)CCCC3)c(C(C)(C)C)n1. The summed E-state index contributed by atoms with van der Waals surface area (Å²) in [6.07, 6.45) is 6.35. The normalized spacial score (nSPS) is 15.0. The van der Waals surface area contributed by atoms with Gasteiger partial charge in [-0.15, -0.1) is 0 Å². The fourth-order valence-corrected chi connectivity index (χ4v) is 2.95. The molecule has 2 N–H and O–H groups in total. The lowest BCUT2D eigenvalue weighted by atomic mass is 9.89. The highest BCUT2D eigenvalue weighted by Gasteiger charge is 2.25. The standard InChI is InChI=1S/C16H23N5/c1-16(2,3)13-11(9-21(4)20-13)15-18-12-8-6-5-7-10(12)14(17)19-15/h9H,5-8H2,1-4H3,(H2,17,18,19). The number of aryl methyl sites for hydroxylation is 2. The van der Waals surface area contributed by atoms with Crippen LogP contribution in [0, 0.1) is 0 Å². The molecule has 0 saturated heterocycles. The van der Waals surface area contributed by atoms with Gasteiger partial charge >= 0.3 is 0 Å². The van der Waals surface area contributed by atoms with Gasteiger partial charge in [-0.05, 0) is 25.7 Å². The third kappa shape index (κ3) is 2.52. The second kappa shape index (κ2) is 4.83. The highest BCUT2D eigenvalue weighted by Crippen LogP contribution is 2.32. The summed E-state index contributed by atoms with van der Waals surface area (Å²) in [6, 6.07) is 0. The van der Waals surface area contributed by atoms with E-state index in [2.05, 4.69) is 30.9 Å². The summed E-state index contributed by atoms with van der Waals surface area (Å²) in [7, 11) is 1.93. The summed E-state index contributed by atoms with van der Waals surface area (Å²) in [5.41, 5.74) is 10.4. The summed E-state index contributed by atoms with van der Waals surface area (Å²) < 4.78 is 1.83. The molecular weight excluding hydrogens is 262 g/mol. The van der Waals surface area contributed by atoms with Crippen molar-refractivity contribution in [2.75, 3.05) is 5.73 Å². The Hall–Kier alpha value is -1.91. The monoisotopic (exact) mass is 285 g/mol. The molecule has 1 aliphatic carbocycles. The molecule has 0 atom stereocenters. The number of anilines is 1. The largest absolute Gasteiger partial charge is 0.383 e. The lowest BCUT2D eigenvalue weighted by Crippen LogP contribution is -2.16. The molecular formula is C16H23N5. The molecule has 0 fully saturated rings. The van der Waals surface area contributed by atoms with Crippen molar-refractivity contribution in [1.82, 2.24) is 19.7 Å². The third-order valence-electron chi connectivity index (χ3n) is 4.00. The first-order chi connectivity index (χ1) is 9.86. The predicted octanol–water partition coefficient (Wildman–Crippen LogP) is 2.64. The van der Waals surface area contributed by atoms with Gasteiger partial charge in [-0.2, -0.15) is 5.10 Å². The first-order valence-electron chi connectivity index (χ1n) is 7.56. The Morgan fingerprint density at radius 2 is 1.86 bits per heavy atom. The maximum Gasteiger partial charge on any atom is 0.165 e. The molecule has 0 radical (unpaired) electrons. The lowest BCUT2D eigenvalue weighted by Gasteiger charge is -2.19. The van der Waals surface area contributed by atoms with E-state index in [9.17, 15) is 0 Å². The van der Waals surface area contributed by atoms with Gasteiger partial charge in [0, 0.05) is 29.9 Å². The van der Waals surface area contributed by atoms with Crippen molar-refractivity contribution in [1.29, 1.82) is 0 Å². The first kappa shape index (κ1) is 14.0. The Morgan fingerprint density at radius 1 is 1.14 bits per heavy atom. The Balaban J connectivity index is 2.15. The lowest BCUT2D eigenvalue weighted by molar-refractivity contribution is 0.554. The molecule has 5 nitrogen and oxygen atoms in total. The molecule has 0 unspecified atom stereocenters. The number of hydrogen-bond donors (Lipinski definition) is 1. The van der Waals surface area contributed by atoms with Crippen molar-refractivity contribution in [3.05, 3.63) is 23.1 Å². The van der Waals surface area contributed by atoms with Crippen LogP contribution in [0.3, 0.4) is 0 Å². The molecule has 21 heavy (non-hydrogen) atoms. The van der Waals surface area contributed by atoms with Crippen LogP contribution in [0.15, 0.2) is 6.20 Å². The van der Waals surface area contributed by atoms with Crippen molar-refractivity contribution in [3.8, 4) is 11.4 Å². The molecule has 2 aromatic rings. The second-order valence-corrected chi connectivity index (χ2v) is 6.88. The first-order valence-corrected chi connectivity index (χ1v) is 7.56. The topological polar surface area (TPSA) is 69.6 Å². The van der Waals surface area contributed by atoms with E-state index in [1.807, 2.05) is 17.9 Å². The molecule has 2 heterocycles. The number of nitrogens with two attached hydrogens (primary N) is 1. The van der Waals surface area contributed by atoms with Gasteiger partial charge in [0.15, 0.2) is 5.82 Å². The Kier molecular flexibility index (Phi) is 3.23. The zero-order valence-corrected chi connectivity index (χ0v) is 13.3. The van der Waals surface area contributed by atoms with Gasteiger partial charge in [0.2, 0.25) is 0 Å². The Labute approximate surface area is 125 Å². The minimum atomic E-state index is -0.0510. The van der Waals surface area contributed by atoms with Gasteiger partial charge < -0.3 is 5.73 Å². The summed E-state index contributed by atoms with van der Waals surface area (Å²) in [4.78, 5) is 9.34. The van der Waals surface area contributed by atoms with E-state index in [1.54, 1.807) is 0 Å². The summed E-state index contributed by atoms with van der Waals surface area (Å²) >= 11 is 0. The van der Waals surface area contributed by atoms with Crippen LogP contribution in [0.2, 0.25) is 0 Å². The fraction of sp³-hybridized carbons (Fsp3) is 0.562. The van der Waals surface area contributed by atoms with Crippen LogP contribution in [0.4, 0.5) is 5.82 Å². The van der Waals surface area contributed by atoms with Gasteiger partial charge in [-0.1, -0.05) is 20.8 Å². The number of hydrogen-bond acceptors (Lipinski definition) is 4. The van der Waals surface area contributed by atoms with E-state index in [0.717, 1.165) is 35.4 Å². The molecule has 0 bridgehead atoms. The van der Waals surface area contributed by atoms with Crippen LogP contribution < -0.4 is 5.73 Å². The molecule has 1 aliphatic rings. The van der Waals surface area contributed by atoms with Gasteiger partial charge in [-0.25, -0.2) is 9.97 Å². The van der Waals surface area contributed by atoms with Crippen molar-refractivity contribution in [2.24, 2.45) is 7.05 Å². The molecule has 0 spiro atoms. The van der Waals surface area contributed by atoms with Crippen LogP contribution in [-0.4, -0.2) is 19.7 Å². The number of nitrogens with zero attached hydrogens (tertiary/aromatic N) is 4. The van der Waals surface area contributed by atoms with Gasteiger partial charge in [0.05, 0.1) is 11.3 Å². The molecule has 2 aromatic heterocycles. The number of fused-ring (bicyclic) bond motifs is 1. The van der Waals surface area contributed by atoms with Crippen LogP contribution in [-0.2, 0) is 25.3 Å². The maximum atomic E-state index is 6.17. The number of rotatable bonds is 1. The van der Waals surface area contributed by atoms with Crippen LogP contribution in [0.5, 0.6) is 0 Å². The van der Waals surface area contributed by atoms with E-state index in [-0.39, 0.29) is 5.41 Å². The molecule has 112 valence electrons. The fourth-order valence-electron chi connectivity index (χ4n) is 2.95. The van der Waals surface area contributed by atoms with E-state index >= 15 is 0 Å². The Morgan fingerprint density at radius 3 is 2.57 bits per heavy atom. The van der Waals surface area contributed by atoms with E-state index in [0.29, 0.717) is 11.6 Å². The smallest absolute Gasteiger partial charge is 0.165 e.